The van der Waals surface area contributed by atoms with E-state index in [1.165, 1.54) is 26.1 Å². The molecular formula is C32H38ClN7O4. The summed E-state index contributed by atoms with van der Waals surface area (Å²) in [7, 11) is 1.51. The lowest BCUT2D eigenvalue weighted by molar-refractivity contribution is 0.0551. The molecule has 2 aliphatic heterocycles. The second kappa shape index (κ2) is 12.9. The second-order valence-corrected chi connectivity index (χ2v) is 12.8. The SMILES string of the molecule is COc1ncc(Cl)cc1Nc1nccc(-c2cc(C#N)c3c(c2)C(C)(COCCN2CCCC2)CN3C(=O)OC(C)(C)C)n1. The fourth-order valence-corrected chi connectivity index (χ4v) is 5.76. The number of likely N-dealkylation sites (tertiary alicyclic amines) is 1. The van der Waals surface area contributed by atoms with Crippen LogP contribution in [0.25, 0.3) is 11.3 Å². The Balaban J connectivity index is 1.49. The van der Waals surface area contributed by atoms with Crippen molar-refractivity contribution in [3.8, 4) is 23.2 Å². The molecule has 1 N–H and O–H groups in total. The second-order valence-electron chi connectivity index (χ2n) is 12.4. The Labute approximate surface area is 263 Å². The van der Waals surface area contributed by atoms with Crippen molar-refractivity contribution >= 4 is 35.0 Å². The number of rotatable bonds is 9. The van der Waals surface area contributed by atoms with Crippen molar-refractivity contribution in [1.29, 1.82) is 5.26 Å². The van der Waals surface area contributed by atoms with Gasteiger partial charge in [0, 0.05) is 36.5 Å². The average molecular weight is 620 g/mol. The number of amides is 1. The largest absolute Gasteiger partial charge is 0.480 e. The summed E-state index contributed by atoms with van der Waals surface area (Å²) >= 11 is 6.15. The number of carbonyl (C=O) groups is 1. The lowest BCUT2D eigenvalue weighted by Crippen LogP contribution is -2.41. The van der Waals surface area contributed by atoms with E-state index >= 15 is 0 Å². The minimum atomic E-state index is -0.694. The molecule has 1 amide bonds. The zero-order valence-electron chi connectivity index (χ0n) is 25.8. The van der Waals surface area contributed by atoms with Crippen molar-refractivity contribution in [2.45, 2.75) is 51.6 Å². The van der Waals surface area contributed by atoms with Crippen LogP contribution >= 0.6 is 11.6 Å². The van der Waals surface area contributed by atoms with E-state index in [-0.39, 0.29) is 0 Å². The fraction of sp³-hybridized carbons (Fsp3) is 0.469. The van der Waals surface area contributed by atoms with Crippen molar-refractivity contribution in [3.05, 3.63) is 52.8 Å². The number of methoxy groups -OCH3 is 1. The van der Waals surface area contributed by atoms with E-state index in [0.717, 1.165) is 25.2 Å². The zero-order chi connectivity index (χ0) is 31.5. The van der Waals surface area contributed by atoms with Gasteiger partial charge in [0.25, 0.3) is 0 Å². The van der Waals surface area contributed by atoms with Gasteiger partial charge in [0.2, 0.25) is 11.8 Å². The molecule has 0 radical (unpaired) electrons. The highest BCUT2D eigenvalue weighted by Gasteiger charge is 2.45. The first kappa shape index (κ1) is 31.4. The number of nitrogens with one attached hydrogen (secondary N) is 1. The van der Waals surface area contributed by atoms with E-state index in [0.29, 0.717) is 64.8 Å². The number of anilines is 3. The summed E-state index contributed by atoms with van der Waals surface area (Å²) in [5.74, 6) is 0.641. The average Bonchev–Trinajstić information content (AvgIpc) is 3.61. The van der Waals surface area contributed by atoms with Gasteiger partial charge in [-0.3, -0.25) is 4.90 Å². The number of pyridine rings is 1. The maximum atomic E-state index is 13.4. The number of hydrogen-bond donors (Lipinski definition) is 1. The van der Waals surface area contributed by atoms with Crippen LogP contribution in [0.2, 0.25) is 5.02 Å². The molecule has 4 heterocycles. The smallest absolute Gasteiger partial charge is 0.414 e. The number of nitrogens with zero attached hydrogens (tertiary/aromatic N) is 6. The lowest BCUT2D eigenvalue weighted by Gasteiger charge is -2.28. The van der Waals surface area contributed by atoms with Gasteiger partial charge in [0.15, 0.2) is 0 Å². The third kappa shape index (κ3) is 7.04. The molecule has 1 unspecified atom stereocenters. The Morgan fingerprint density at radius 2 is 1.98 bits per heavy atom. The highest BCUT2D eigenvalue weighted by Crippen LogP contribution is 2.45. The van der Waals surface area contributed by atoms with Gasteiger partial charge in [0.1, 0.15) is 17.4 Å². The van der Waals surface area contributed by atoms with Gasteiger partial charge in [-0.1, -0.05) is 18.5 Å². The van der Waals surface area contributed by atoms with E-state index in [1.807, 2.05) is 26.8 Å². The van der Waals surface area contributed by atoms with Crippen molar-refractivity contribution in [2.75, 3.05) is 56.7 Å². The first-order valence-corrected chi connectivity index (χ1v) is 15.1. The van der Waals surface area contributed by atoms with E-state index in [1.54, 1.807) is 29.3 Å². The first-order chi connectivity index (χ1) is 21.0. The van der Waals surface area contributed by atoms with Gasteiger partial charge < -0.3 is 24.4 Å². The molecule has 1 saturated heterocycles. The highest BCUT2D eigenvalue weighted by atomic mass is 35.5. The molecule has 1 aromatic carbocycles. The zero-order valence-corrected chi connectivity index (χ0v) is 26.6. The van der Waals surface area contributed by atoms with Crippen LogP contribution in [0.1, 0.15) is 51.7 Å². The number of nitriles is 1. The van der Waals surface area contributed by atoms with Gasteiger partial charge in [-0.05, 0) is 76.5 Å². The molecule has 2 aliphatic rings. The third-order valence-corrected chi connectivity index (χ3v) is 7.86. The molecule has 0 spiro atoms. The lowest BCUT2D eigenvalue weighted by atomic mass is 9.83. The van der Waals surface area contributed by atoms with Crippen LogP contribution in [0, 0.1) is 11.3 Å². The van der Waals surface area contributed by atoms with Crippen molar-refractivity contribution in [3.63, 3.8) is 0 Å². The number of carbonyl (C=O) groups excluding carboxylic acids is 1. The number of benzene rings is 1. The van der Waals surface area contributed by atoms with Crippen molar-refractivity contribution < 1.29 is 19.0 Å². The Kier molecular flexibility index (Phi) is 9.25. The van der Waals surface area contributed by atoms with Gasteiger partial charge in [-0.2, -0.15) is 5.26 Å². The maximum Gasteiger partial charge on any atom is 0.414 e. The molecule has 1 fully saturated rings. The number of fused-ring (bicyclic) bond motifs is 1. The standard InChI is InChI=1S/C32H38ClN7O4/c1-31(2,3)44-30(41)40-19-32(4,20-43-13-12-39-10-6-7-11-39)24-15-21(14-22(17-34)27(24)40)25-8-9-35-29(37-25)38-26-16-23(33)18-36-28(26)42-5/h8-9,14-16,18H,6-7,10-13,19-20H2,1-5H3,(H,35,37,38). The van der Waals surface area contributed by atoms with Crippen LogP contribution < -0.4 is 15.0 Å². The number of hydrogen-bond acceptors (Lipinski definition) is 10. The number of ether oxygens (including phenoxy) is 3. The van der Waals surface area contributed by atoms with Crippen LogP contribution in [0.4, 0.5) is 22.1 Å². The monoisotopic (exact) mass is 619 g/mol. The first-order valence-electron chi connectivity index (χ1n) is 14.7. The van der Waals surface area contributed by atoms with Gasteiger partial charge >= 0.3 is 6.09 Å². The summed E-state index contributed by atoms with van der Waals surface area (Å²) in [5, 5.41) is 13.8. The van der Waals surface area contributed by atoms with E-state index in [4.69, 9.17) is 30.8 Å². The minimum absolute atomic E-state index is 0.298. The molecule has 232 valence electrons. The Hall–Kier alpha value is -3.98. The van der Waals surface area contributed by atoms with E-state index < -0.39 is 17.1 Å². The summed E-state index contributed by atoms with van der Waals surface area (Å²) in [6.45, 7) is 11.9. The maximum absolute atomic E-state index is 13.4. The van der Waals surface area contributed by atoms with Gasteiger partial charge in [-0.25, -0.2) is 19.7 Å². The van der Waals surface area contributed by atoms with Crippen LogP contribution in [-0.4, -0.2) is 78.0 Å². The summed E-state index contributed by atoms with van der Waals surface area (Å²) in [5.41, 5.74) is 2.23. The number of aromatic nitrogens is 3. The Morgan fingerprint density at radius 1 is 1.20 bits per heavy atom. The third-order valence-electron chi connectivity index (χ3n) is 7.65. The molecular weight excluding hydrogens is 582 g/mol. The fourth-order valence-electron chi connectivity index (χ4n) is 5.60. The van der Waals surface area contributed by atoms with E-state index in [2.05, 4.69) is 33.2 Å². The van der Waals surface area contributed by atoms with Gasteiger partial charge in [-0.15, -0.1) is 0 Å². The highest BCUT2D eigenvalue weighted by molar-refractivity contribution is 6.30. The summed E-state index contributed by atoms with van der Waals surface area (Å²) in [6, 6.07) is 9.48. The summed E-state index contributed by atoms with van der Waals surface area (Å²) < 4.78 is 17.3. The molecule has 0 bridgehead atoms. The molecule has 3 aromatic rings. The quantitative estimate of drug-likeness (QED) is 0.288. The normalized spacial score (nSPS) is 18.2. The van der Waals surface area contributed by atoms with Gasteiger partial charge in [0.05, 0.1) is 42.3 Å². The predicted molar refractivity (Wildman–Crippen MR) is 169 cm³/mol. The minimum Gasteiger partial charge on any atom is -0.480 e. The Morgan fingerprint density at radius 3 is 2.68 bits per heavy atom. The summed E-state index contributed by atoms with van der Waals surface area (Å²) in [4.78, 5) is 30.6. The molecule has 0 saturated carbocycles. The summed E-state index contributed by atoms with van der Waals surface area (Å²) in [6.07, 6.45) is 5.06. The molecule has 11 nitrogen and oxygen atoms in total. The van der Waals surface area contributed by atoms with E-state index in [9.17, 15) is 10.1 Å². The van der Waals surface area contributed by atoms with Crippen molar-refractivity contribution in [1.82, 2.24) is 19.9 Å². The Bertz CT molecular complexity index is 1570. The van der Waals surface area contributed by atoms with Crippen LogP contribution in [0.15, 0.2) is 36.7 Å². The predicted octanol–water partition coefficient (Wildman–Crippen LogP) is 5.94. The van der Waals surface area contributed by atoms with Crippen molar-refractivity contribution in [2.24, 2.45) is 0 Å². The molecule has 0 aliphatic carbocycles. The van der Waals surface area contributed by atoms with Crippen LogP contribution in [-0.2, 0) is 14.9 Å². The number of halogens is 1. The van der Waals surface area contributed by atoms with Crippen LogP contribution in [0.5, 0.6) is 5.88 Å². The topological polar surface area (TPSA) is 126 Å². The van der Waals surface area contributed by atoms with Crippen LogP contribution in [0.3, 0.4) is 0 Å². The molecule has 2 aromatic heterocycles. The molecule has 5 rings (SSSR count). The molecule has 1 atom stereocenters. The molecule has 12 heteroatoms. The molecule has 44 heavy (non-hydrogen) atoms.